The second kappa shape index (κ2) is 8.02. The summed E-state index contributed by atoms with van der Waals surface area (Å²) in [6, 6.07) is 1.89. The van der Waals surface area contributed by atoms with Gasteiger partial charge in [0.1, 0.15) is 17.5 Å². The Morgan fingerprint density at radius 1 is 1.17 bits per heavy atom. The molecule has 0 radical (unpaired) electrons. The number of nitrogens with one attached hydrogen (secondary N) is 2. The highest BCUT2D eigenvalue weighted by atomic mass is 32.2. The summed E-state index contributed by atoms with van der Waals surface area (Å²) < 4.78 is 11.3. The molecule has 0 spiro atoms. The van der Waals surface area contributed by atoms with Crippen LogP contribution in [-0.4, -0.2) is 38.8 Å². The van der Waals surface area contributed by atoms with Crippen molar-refractivity contribution in [2.24, 2.45) is 0 Å². The summed E-state index contributed by atoms with van der Waals surface area (Å²) in [6.07, 6.45) is 0.800. The third-order valence-electron chi connectivity index (χ3n) is 2.40. The van der Waals surface area contributed by atoms with E-state index in [4.69, 9.17) is 0 Å². The van der Waals surface area contributed by atoms with Crippen LogP contribution in [0.2, 0.25) is 0 Å². The summed E-state index contributed by atoms with van der Waals surface area (Å²) in [5.41, 5.74) is 0. The number of hydrogen-bond donors (Lipinski definition) is 2. The fourth-order valence-electron chi connectivity index (χ4n) is 1.45. The molecule has 1 rings (SSSR count). The van der Waals surface area contributed by atoms with Gasteiger partial charge in [0.05, 0.1) is 0 Å². The second-order valence-corrected chi connectivity index (χ2v) is 5.66. The largest absolute Gasteiger partial charge is 0.370 e. The van der Waals surface area contributed by atoms with Crippen molar-refractivity contribution in [2.45, 2.75) is 27.2 Å². The van der Waals surface area contributed by atoms with E-state index >= 15 is 0 Å². The molecular formula is C12H22N4OS. The quantitative estimate of drug-likeness (QED) is 0.752. The predicted molar refractivity (Wildman–Crippen MR) is 77.6 cm³/mol. The van der Waals surface area contributed by atoms with Crippen LogP contribution >= 0.6 is 0 Å². The Bertz CT molecular complexity index is 398. The highest BCUT2D eigenvalue weighted by Crippen LogP contribution is 2.11. The van der Waals surface area contributed by atoms with Gasteiger partial charge in [-0.3, -0.25) is 4.21 Å². The highest BCUT2D eigenvalue weighted by molar-refractivity contribution is 7.84. The van der Waals surface area contributed by atoms with E-state index in [0.29, 0.717) is 18.1 Å². The van der Waals surface area contributed by atoms with Gasteiger partial charge in [0.15, 0.2) is 0 Å². The third kappa shape index (κ3) is 5.00. The smallest absolute Gasteiger partial charge is 0.132 e. The molecule has 1 heterocycles. The van der Waals surface area contributed by atoms with Crippen LogP contribution in [-0.2, 0) is 17.2 Å². The van der Waals surface area contributed by atoms with Crippen LogP contribution in [0.1, 0.15) is 26.6 Å². The highest BCUT2D eigenvalue weighted by Gasteiger charge is 2.03. The van der Waals surface area contributed by atoms with Gasteiger partial charge in [-0.25, -0.2) is 9.97 Å². The molecule has 5 nitrogen and oxygen atoms in total. The zero-order valence-corrected chi connectivity index (χ0v) is 12.1. The van der Waals surface area contributed by atoms with Gasteiger partial charge in [-0.05, 0) is 6.92 Å². The van der Waals surface area contributed by atoms with Gasteiger partial charge < -0.3 is 10.6 Å². The van der Waals surface area contributed by atoms with E-state index in [9.17, 15) is 4.21 Å². The van der Waals surface area contributed by atoms with Crippen molar-refractivity contribution < 1.29 is 4.21 Å². The summed E-state index contributed by atoms with van der Waals surface area (Å²) in [6.45, 7) is 7.50. The normalized spacial score (nSPS) is 12.2. The van der Waals surface area contributed by atoms with Crippen LogP contribution in [0.4, 0.5) is 11.6 Å². The molecule has 1 aromatic heterocycles. The number of aromatic nitrogens is 2. The SMILES string of the molecule is CCNc1cc(NCCS(=O)CC)nc(CC)n1. The first kappa shape index (κ1) is 14.9. The molecule has 0 aliphatic carbocycles. The summed E-state index contributed by atoms with van der Waals surface area (Å²) in [5.74, 6) is 3.80. The third-order valence-corrected chi connectivity index (χ3v) is 3.71. The maximum absolute atomic E-state index is 11.3. The average Bonchev–Trinajstić information content (AvgIpc) is 2.38. The molecule has 0 fully saturated rings. The average molecular weight is 270 g/mol. The number of hydrogen-bond acceptors (Lipinski definition) is 5. The molecule has 0 amide bonds. The summed E-state index contributed by atoms with van der Waals surface area (Å²) in [5, 5.41) is 6.38. The molecular weight excluding hydrogens is 248 g/mol. The predicted octanol–water partition coefficient (Wildman–Crippen LogP) is 1.65. The molecule has 2 N–H and O–H groups in total. The van der Waals surface area contributed by atoms with E-state index in [1.807, 2.05) is 26.8 Å². The van der Waals surface area contributed by atoms with E-state index in [2.05, 4.69) is 20.6 Å². The lowest BCUT2D eigenvalue weighted by molar-refractivity contribution is 0.684. The van der Waals surface area contributed by atoms with Crippen LogP contribution in [0.25, 0.3) is 0 Å². The number of rotatable bonds is 8. The van der Waals surface area contributed by atoms with Crippen molar-refractivity contribution in [2.75, 3.05) is 35.2 Å². The van der Waals surface area contributed by atoms with Gasteiger partial charge in [0.25, 0.3) is 0 Å². The van der Waals surface area contributed by atoms with Crippen LogP contribution in [0.3, 0.4) is 0 Å². The monoisotopic (exact) mass is 270 g/mol. The van der Waals surface area contributed by atoms with Crippen molar-refractivity contribution in [1.29, 1.82) is 0 Å². The Morgan fingerprint density at radius 3 is 2.39 bits per heavy atom. The molecule has 0 aromatic carbocycles. The zero-order valence-electron chi connectivity index (χ0n) is 11.3. The van der Waals surface area contributed by atoms with E-state index < -0.39 is 10.8 Å². The van der Waals surface area contributed by atoms with Gasteiger partial charge in [-0.15, -0.1) is 0 Å². The zero-order chi connectivity index (χ0) is 13.4. The minimum absolute atomic E-state index is 0.651. The molecule has 0 aliphatic heterocycles. The molecule has 1 unspecified atom stereocenters. The van der Waals surface area contributed by atoms with E-state index in [1.165, 1.54) is 0 Å². The van der Waals surface area contributed by atoms with Crippen LogP contribution in [0, 0.1) is 0 Å². The molecule has 0 aliphatic rings. The van der Waals surface area contributed by atoms with Gasteiger partial charge >= 0.3 is 0 Å². The Hall–Kier alpha value is -1.17. The van der Waals surface area contributed by atoms with Crippen molar-refractivity contribution in [3.05, 3.63) is 11.9 Å². The molecule has 6 heteroatoms. The fourth-order valence-corrected chi connectivity index (χ4v) is 2.07. The first-order valence-corrected chi connectivity index (χ1v) is 7.89. The van der Waals surface area contributed by atoms with Gasteiger partial charge in [-0.1, -0.05) is 13.8 Å². The Kier molecular flexibility index (Phi) is 6.64. The first-order chi connectivity index (χ1) is 8.69. The first-order valence-electron chi connectivity index (χ1n) is 6.40. The van der Waals surface area contributed by atoms with Crippen LogP contribution in [0.5, 0.6) is 0 Å². The topological polar surface area (TPSA) is 66.9 Å². The van der Waals surface area contributed by atoms with Crippen molar-refractivity contribution in [1.82, 2.24) is 9.97 Å². The maximum atomic E-state index is 11.3. The lowest BCUT2D eigenvalue weighted by atomic mass is 10.4. The number of anilines is 2. The molecule has 1 aromatic rings. The van der Waals surface area contributed by atoms with Crippen LogP contribution < -0.4 is 10.6 Å². The molecule has 0 saturated heterocycles. The molecule has 18 heavy (non-hydrogen) atoms. The van der Waals surface area contributed by atoms with Crippen LogP contribution in [0.15, 0.2) is 6.07 Å². The molecule has 0 bridgehead atoms. The molecule has 0 saturated carbocycles. The standard InChI is InChI=1S/C12H22N4OS/c1-4-10-15-11(13-5-2)9-12(16-10)14-7-8-18(17)6-3/h9H,4-8H2,1-3H3,(H2,13,14,15,16). The van der Waals surface area contributed by atoms with Gasteiger partial charge in [-0.2, -0.15) is 0 Å². The van der Waals surface area contributed by atoms with E-state index in [0.717, 1.165) is 30.4 Å². The number of aryl methyl sites for hydroxylation is 1. The lowest BCUT2D eigenvalue weighted by Gasteiger charge is -2.09. The van der Waals surface area contributed by atoms with Crippen molar-refractivity contribution in [3.63, 3.8) is 0 Å². The van der Waals surface area contributed by atoms with E-state index in [1.54, 1.807) is 0 Å². The summed E-state index contributed by atoms with van der Waals surface area (Å²) in [4.78, 5) is 8.77. The second-order valence-electron chi connectivity index (χ2n) is 3.80. The maximum Gasteiger partial charge on any atom is 0.132 e. The molecule has 102 valence electrons. The Morgan fingerprint density at radius 2 is 1.83 bits per heavy atom. The molecule has 1 atom stereocenters. The van der Waals surface area contributed by atoms with Crippen molar-refractivity contribution >= 4 is 22.4 Å². The minimum Gasteiger partial charge on any atom is -0.370 e. The van der Waals surface area contributed by atoms with Crippen molar-refractivity contribution in [3.8, 4) is 0 Å². The van der Waals surface area contributed by atoms with E-state index in [-0.39, 0.29) is 0 Å². The Labute approximate surface area is 111 Å². The fraction of sp³-hybridized carbons (Fsp3) is 0.667. The summed E-state index contributed by atoms with van der Waals surface area (Å²) in [7, 11) is -0.738. The van der Waals surface area contributed by atoms with Gasteiger partial charge in [0, 0.05) is 47.9 Å². The number of nitrogens with zero attached hydrogens (tertiary/aromatic N) is 2. The minimum atomic E-state index is -0.738. The van der Waals surface area contributed by atoms with Gasteiger partial charge in [0.2, 0.25) is 0 Å². The summed E-state index contributed by atoms with van der Waals surface area (Å²) >= 11 is 0. The lowest BCUT2D eigenvalue weighted by Crippen LogP contribution is -2.14. The Balaban J connectivity index is 2.63.